The van der Waals surface area contributed by atoms with E-state index in [1.165, 1.54) is 5.56 Å². The van der Waals surface area contributed by atoms with Crippen molar-refractivity contribution in [2.24, 2.45) is 5.73 Å². The predicted molar refractivity (Wildman–Crippen MR) is 78.0 cm³/mol. The lowest BCUT2D eigenvalue weighted by Crippen LogP contribution is -2.25. The third-order valence-electron chi connectivity index (χ3n) is 2.74. The van der Waals surface area contributed by atoms with Crippen LogP contribution in [0.2, 0.25) is 0 Å². The van der Waals surface area contributed by atoms with E-state index < -0.39 is 0 Å². The first-order chi connectivity index (χ1) is 8.70. The quantitative estimate of drug-likeness (QED) is 0.673. The first-order valence-electron chi connectivity index (χ1n) is 5.94. The van der Waals surface area contributed by atoms with E-state index in [9.17, 15) is 0 Å². The number of aromatic nitrogens is 2. The van der Waals surface area contributed by atoms with Gasteiger partial charge in [-0.15, -0.1) is 0 Å². The molecule has 2 atom stereocenters. The molecule has 0 aliphatic carbocycles. The zero-order valence-corrected chi connectivity index (χ0v) is 12.2. The largest absolute Gasteiger partial charge is 0.326 e. The van der Waals surface area contributed by atoms with Gasteiger partial charge in [0.15, 0.2) is 5.16 Å². The maximum Gasteiger partial charge on any atom is 0.188 e. The molecule has 0 radical (unpaired) electrons. The highest BCUT2D eigenvalue weighted by atomic mass is 32.2. The van der Waals surface area contributed by atoms with E-state index in [1.807, 2.05) is 13.0 Å². The van der Waals surface area contributed by atoms with Crippen molar-refractivity contribution >= 4 is 23.1 Å². The molecule has 0 spiro atoms. The molecule has 2 aromatic rings. The SMILES string of the molecule is CCC(N)C(Sc1nccc(C)n1)c1ccsc1. The Morgan fingerprint density at radius 2 is 2.28 bits per heavy atom. The lowest BCUT2D eigenvalue weighted by molar-refractivity contribution is 0.633. The highest BCUT2D eigenvalue weighted by molar-refractivity contribution is 7.99. The van der Waals surface area contributed by atoms with Crippen molar-refractivity contribution in [2.75, 3.05) is 0 Å². The molecule has 0 aliphatic rings. The van der Waals surface area contributed by atoms with Crippen LogP contribution >= 0.6 is 23.1 Å². The van der Waals surface area contributed by atoms with Gasteiger partial charge in [-0.2, -0.15) is 11.3 Å². The van der Waals surface area contributed by atoms with Crippen molar-refractivity contribution in [3.63, 3.8) is 0 Å². The molecule has 5 heteroatoms. The van der Waals surface area contributed by atoms with Gasteiger partial charge in [0.2, 0.25) is 0 Å². The van der Waals surface area contributed by atoms with Crippen LogP contribution in [-0.2, 0) is 0 Å². The van der Waals surface area contributed by atoms with Crippen molar-refractivity contribution in [1.82, 2.24) is 9.97 Å². The number of thiophene rings is 1. The number of hydrogen-bond donors (Lipinski definition) is 1. The van der Waals surface area contributed by atoms with Crippen LogP contribution in [0.15, 0.2) is 34.2 Å². The second kappa shape index (κ2) is 6.31. The van der Waals surface area contributed by atoms with Crippen molar-refractivity contribution in [3.8, 4) is 0 Å². The second-order valence-corrected chi connectivity index (χ2v) is 6.04. The maximum atomic E-state index is 6.22. The normalized spacial score (nSPS) is 14.4. The molecule has 2 N–H and O–H groups in total. The Morgan fingerprint density at radius 1 is 1.44 bits per heavy atom. The van der Waals surface area contributed by atoms with E-state index in [4.69, 9.17) is 5.73 Å². The third kappa shape index (κ3) is 3.31. The van der Waals surface area contributed by atoms with Crippen LogP contribution in [0.1, 0.15) is 29.9 Å². The van der Waals surface area contributed by atoms with Crippen molar-refractivity contribution in [1.29, 1.82) is 0 Å². The van der Waals surface area contributed by atoms with E-state index in [0.29, 0.717) is 0 Å². The van der Waals surface area contributed by atoms with Crippen LogP contribution in [0.3, 0.4) is 0 Å². The van der Waals surface area contributed by atoms with Crippen LogP contribution in [0.4, 0.5) is 0 Å². The highest BCUT2D eigenvalue weighted by Gasteiger charge is 2.21. The Morgan fingerprint density at radius 3 is 2.89 bits per heavy atom. The summed E-state index contributed by atoms with van der Waals surface area (Å²) < 4.78 is 0. The summed E-state index contributed by atoms with van der Waals surface area (Å²) in [5.74, 6) is 0. The van der Waals surface area contributed by atoms with Gasteiger partial charge >= 0.3 is 0 Å². The van der Waals surface area contributed by atoms with Crippen molar-refractivity contribution in [3.05, 3.63) is 40.3 Å². The molecular formula is C13H17N3S2. The lowest BCUT2D eigenvalue weighted by Gasteiger charge is -2.20. The fourth-order valence-corrected chi connectivity index (χ4v) is 3.63. The number of hydrogen-bond acceptors (Lipinski definition) is 5. The summed E-state index contributed by atoms with van der Waals surface area (Å²) in [6.07, 6.45) is 2.74. The monoisotopic (exact) mass is 279 g/mol. The van der Waals surface area contributed by atoms with Gasteiger partial charge in [0.1, 0.15) is 0 Å². The molecule has 0 amide bonds. The number of thioether (sulfide) groups is 1. The molecule has 0 aliphatic heterocycles. The molecule has 18 heavy (non-hydrogen) atoms. The van der Waals surface area contributed by atoms with Gasteiger partial charge in [-0.3, -0.25) is 0 Å². The number of nitrogens with two attached hydrogens (primary N) is 1. The molecule has 2 unspecified atom stereocenters. The topological polar surface area (TPSA) is 51.8 Å². The highest BCUT2D eigenvalue weighted by Crippen LogP contribution is 2.37. The molecule has 3 nitrogen and oxygen atoms in total. The Hall–Kier alpha value is -0.910. The summed E-state index contributed by atoms with van der Waals surface area (Å²) in [5, 5.41) is 5.27. The molecule has 96 valence electrons. The smallest absolute Gasteiger partial charge is 0.188 e. The summed E-state index contributed by atoms with van der Waals surface area (Å²) in [5.41, 5.74) is 8.48. The van der Waals surface area contributed by atoms with Gasteiger partial charge in [0.05, 0.1) is 5.25 Å². The van der Waals surface area contributed by atoms with Crippen molar-refractivity contribution in [2.45, 2.75) is 36.7 Å². The summed E-state index contributed by atoms with van der Waals surface area (Å²) in [4.78, 5) is 8.74. The Kier molecular flexibility index (Phi) is 4.74. The molecule has 0 bridgehead atoms. The summed E-state index contributed by atoms with van der Waals surface area (Å²) in [7, 11) is 0. The first-order valence-corrected chi connectivity index (χ1v) is 7.77. The first kappa shape index (κ1) is 13.5. The Balaban J connectivity index is 2.20. The molecule has 0 saturated heterocycles. The average Bonchev–Trinajstić information content (AvgIpc) is 2.89. The van der Waals surface area contributed by atoms with Gasteiger partial charge in [-0.25, -0.2) is 9.97 Å². The standard InChI is InChI=1S/C13H17N3S2/c1-3-11(14)12(10-5-7-17-8-10)18-13-15-6-4-9(2)16-13/h4-8,11-12H,3,14H2,1-2H3. The third-order valence-corrected chi connectivity index (χ3v) is 4.72. The maximum absolute atomic E-state index is 6.22. The molecule has 2 rings (SSSR count). The summed E-state index contributed by atoms with van der Waals surface area (Å²) in [6.45, 7) is 4.09. The van der Waals surface area contributed by atoms with Gasteiger partial charge in [-0.1, -0.05) is 18.7 Å². The van der Waals surface area contributed by atoms with Crippen LogP contribution in [0.25, 0.3) is 0 Å². The van der Waals surface area contributed by atoms with E-state index in [1.54, 1.807) is 29.3 Å². The lowest BCUT2D eigenvalue weighted by atomic mass is 10.1. The second-order valence-electron chi connectivity index (χ2n) is 4.15. The number of rotatable bonds is 5. The Bertz CT molecular complexity index is 485. The fourth-order valence-electron chi connectivity index (χ4n) is 1.65. The van der Waals surface area contributed by atoms with Gasteiger partial charge in [0.25, 0.3) is 0 Å². The predicted octanol–water partition coefficient (Wildman–Crippen LogP) is 3.42. The van der Waals surface area contributed by atoms with E-state index in [2.05, 4.69) is 33.7 Å². The van der Waals surface area contributed by atoms with Crippen LogP contribution in [0.5, 0.6) is 0 Å². The minimum Gasteiger partial charge on any atom is -0.326 e. The van der Waals surface area contributed by atoms with Gasteiger partial charge < -0.3 is 5.73 Å². The van der Waals surface area contributed by atoms with Gasteiger partial charge in [-0.05, 0) is 41.8 Å². The van der Waals surface area contributed by atoms with Crippen molar-refractivity contribution < 1.29 is 0 Å². The van der Waals surface area contributed by atoms with E-state index in [0.717, 1.165) is 17.3 Å². The Labute approximate surface area is 116 Å². The molecule has 2 aromatic heterocycles. The number of aryl methyl sites for hydroxylation is 1. The molecule has 0 saturated carbocycles. The molecule has 2 heterocycles. The molecular weight excluding hydrogens is 262 g/mol. The summed E-state index contributed by atoms with van der Waals surface area (Å²) >= 11 is 3.35. The van der Waals surface area contributed by atoms with Crippen LogP contribution in [0, 0.1) is 6.92 Å². The minimum atomic E-state index is 0.119. The fraction of sp³-hybridized carbons (Fsp3) is 0.385. The number of nitrogens with zero attached hydrogens (tertiary/aromatic N) is 2. The summed E-state index contributed by atoms with van der Waals surface area (Å²) in [6, 6.07) is 4.16. The van der Waals surface area contributed by atoms with Crippen LogP contribution in [-0.4, -0.2) is 16.0 Å². The zero-order valence-electron chi connectivity index (χ0n) is 10.5. The minimum absolute atomic E-state index is 0.119. The van der Waals surface area contributed by atoms with E-state index >= 15 is 0 Å². The average molecular weight is 279 g/mol. The zero-order chi connectivity index (χ0) is 13.0. The van der Waals surface area contributed by atoms with Crippen LogP contribution < -0.4 is 5.73 Å². The van der Waals surface area contributed by atoms with Gasteiger partial charge in [0, 0.05) is 17.9 Å². The molecule has 0 fully saturated rings. The van der Waals surface area contributed by atoms with E-state index in [-0.39, 0.29) is 11.3 Å². The molecule has 0 aromatic carbocycles.